The van der Waals surface area contributed by atoms with Crippen molar-refractivity contribution in [2.75, 3.05) is 0 Å². The number of aldehydes is 1. The van der Waals surface area contributed by atoms with Crippen molar-refractivity contribution in [3.63, 3.8) is 0 Å². The fraction of sp³-hybridized carbons (Fsp3) is 0.286. The van der Waals surface area contributed by atoms with Crippen LogP contribution in [0.3, 0.4) is 0 Å². The second-order valence-corrected chi connectivity index (χ2v) is 8.33. The highest BCUT2D eigenvalue weighted by Crippen LogP contribution is 2.39. The minimum absolute atomic E-state index is 0.0417. The smallest absolute Gasteiger partial charge is 0.307 e. The van der Waals surface area contributed by atoms with Gasteiger partial charge in [0, 0.05) is 5.56 Å². The first kappa shape index (κ1) is 23.2. The Balaban J connectivity index is 0.000000232. The maximum atomic E-state index is 11.2. The summed E-state index contributed by atoms with van der Waals surface area (Å²) >= 11 is 0. The molecule has 1 aliphatic carbocycles. The number of carbonyl (C=O) groups is 3. The molecule has 2 aromatic rings. The van der Waals surface area contributed by atoms with Gasteiger partial charge in [-0.15, -0.1) is 0 Å². The van der Waals surface area contributed by atoms with Crippen molar-refractivity contribution < 1.29 is 37.6 Å². The van der Waals surface area contributed by atoms with Crippen molar-refractivity contribution in [2.24, 2.45) is 11.8 Å². The zero-order chi connectivity index (χ0) is 22.3. The number of hydrogen-bond donors (Lipinski definition) is 3. The topological polar surface area (TPSA) is 146 Å². The largest absolute Gasteiger partial charge is 0.481 e. The molecular weight excluding hydrogens is 412 g/mol. The Morgan fingerprint density at radius 3 is 1.93 bits per heavy atom. The number of carboxylic acid groups (broad SMARTS) is 2. The molecule has 1 saturated carbocycles. The van der Waals surface area contributed by atoms with E-state index in [1.165, 1.54) is 24.3 Å². The Hall–Kier alpha value is -3.04. The molecule has 3 atom stereocenters. The van der Waals surface area contributed by atoms with Crippen LogP contribution in [0.1, 0.15) is 41.1 Å². The quantitative estimate of drug-likeness (QED) is 0.481. The zero-order valence-electron chi connectivity index (χ0n) is 15.9. The average Bonchev–Trinajstić information content (AvgIpc) is 2.73. The number of rotatable bonds is 5. The lowest BCUT2D eigenvalue weighted by Gasteiger charge is -2.31. The van der Waals surface area contributed by atoms with E-state index in [1.54, 1.807) is 0 Å². The van der Waals surface area contributed by atoms with E-state index >= 15 is 0 Å². The van der Waals surface area contributed by atoms with Gasteiger partial charge in [0.1, 0.15) is 4.90 Å². The van der Waals surface area contributed by atoms with Crippen LogP contribution in [-0.2, 0) is 19.7 Å². The van der Waals surface area contributed by atoms with Crippen LogP contribution in [0.4, 0.5) is 0 Å². The summed E-state index contributed by atoms with van der Waals surface area (Å²) in [5.74, 6) is -3.36. The number of aliphatic carboxylic acids is 2. The van der Waals surface area contributed by atoms with Crippen molar-refractivity contribution >= 4 is 28.3 Å². The van der Waals surface area contributed by atoms with Gasteiger partial charge in [-0.2, -0.15) is 8.42 Å². The standard InChI is InChI=1S/C14H16O4.C7H6O4S/c15-13(16)11-7-6-10(8-12(11)14(17)18)9-4-2-1-3-5-9;8-5-6-3-1-2-4-7(6)12(9,10)11/h1-5,10-12H,6-8H2,(H,15,16)(H,17,18);1-5H,(H,9,10,11)/t10-,11+,12+;/m0./s1. The zero-order valence-corrected chi connectivity index (χ0v) is 16.7. The number of benzene rings is 2. The van der Waals surface area contributed by atoms with Crippen LogP contribution in [0.2, 0.25) is 0 Å². The van der Waals surface area contributed by atoms with E-state index in [1.807, 2.05) is 30.3 Å². The summed E-state index contributed by atoms with van der Waals surface area (Å²) in [5, 5.41) is 18.2. The molecule has 1 fully saturated rings. The predicted octanol–water partition coefficient (Wildman–Crippen LogP) is 3.10. The summed E-state index contributed by atoms with van der Waals surface area (Å²) in [4.78, 5) is 32.2. The molecule has 0 heterocycles. The molecule has 0 amide bonds. The van der Waals surface area contributed by atoms with E-state index < -0.39 is 33.9 Å². The summed E-state index contributed by atoms with van der Waals surface area (Å²) in [5.41, 5.74) is 1.06. The second-order valence-electron chi connectivity index (χ2n) is 6.94. The molecule has 0 unspecified atom stereocenters. The maximum Gasteiger partial charge on any atom is 0.307 e. The molecule has 1 aliphatic rings. The van der Waals surface area contributed by atoms with Gasteiger partial charge in [0.05, 0.1) is 11.8 Å². The molecule has 8 nitrogen and oxygen atoms in total. The summed E-state index contributed by atoms with van der Waals surface area (Å²) in [6.07, 6.45) is 1.97. The summed E-state index contributed by atoms with van der Waals surface area (Å²) in [6.45, 7) is 0. The Labute approximate surface area is 173 Å². The molecule has 0 spiro atoms. The second kappa shape index (κ2) is 10.1. The lowest BCUT2D eigenvalue weighted by Crippen LogP contribution is -2.35. The summed E-state index contributed by atoms with van der Waals surface area (Å²) < 4.78 is 29.8. The normalized spacial score (nSPS) is 21.0. The van der Waals surface area contributed by atoms with Crippen molar-refractivity contribution in [1.29, 1.82) is 0 Å². The number of carbonyl (C=O) groups excluding carboxylic acids is 1. The summed E-state index contributed by atoms with van der Waals surface area (Å²) in [6, 6.07) is 15.1. The molecule has 0 radical (unpaired) electrons. The minimum atomic E-state index is -4.28. The first-order valence-electron chi connectivity index (χ1n) is 9.17. The van der Waals surface area contributed by atoms with Gasteiger partial charge in [-0.05, 0) is 36.8 Å². The first-order valence-corrected chi connectivity index (χ1v) is 10.6. The van der Waals surface area contributed by atoms with E-state index in [4.69, 9.17) is 14.8 Å². The van der Waals surface area contributed by atoms with Gasteiger partial charge in [0.15, 0.2) is 6.29 Å². The van der Waals surface area contributed by atoms with Crippen molar-refractivity contribution in [3.8, 4) is 0 Å². The van der Waals surface area contributed by atoms with E-state index in [-0.39, 0.29) is 16.4 Å². The van der Waals surface area contributed by atoms with Gasteiger partial charge in [-0.25, -0.2) is 0 Å². The average molecular weight is 434 g/mol. The monoisotopic (exact) mass is 434 g/mol. The maximum absolute atomic E-state index is 11.2. The van der Waals surface area contributed by atoms with Crippen LogP contribution in [-0.4, -0.2) is 41.4 Å². The lowest BCUT2D eigenvalue weighted by atomic mass is 9.72. The molecule has 3 rings (SSSR count). The minimum Gasteiger partial charge on any atom is -0.481 e. The molecule has 30 heavy (non-hydrogen) atoms. The van der Waals surface area contributed by atoms with Gasteiger partial charge < -0.3 is 10.2 Å². The van der Waals surface area contributed by atoms with Crippen LogP contribution in [0.25, 0.3) is 0 Å². The van der Waals surface area contributed by atoms with Crippen LogP contribution >= 0.6 is 0 Å². The number of hydrogen-bond acceptors (Lipinski definition) is 5. The Morgan fingerprint density at radius 1 is 0.867 bits per heavy atom. The highest BCUT2D eigenvalue weighted by atomic mass is 32.2. The van der Waals surface area contributed by atoms with Crippen molar-refractivity contribution in [1.82, 2.24) is 0 Å². The van der Waals surface area contributed by atoms with E-state index in [9.17, 15) is 22.8 Å². The van der Waals surface area contributed by atoms with Gasteiger partial charge in [-0.1, -0.05) is 48.5 Å². The predicted molar refractivity (Wildman–Crippen MR) is 107 cm³/mol. The Morgan fingerprint density at radius 2 is 1.43 bits per heavy atom. The Bertz CT molecular complexity index is 1000. The van der Waals surface area contributed by atoms with Crippen molar-refractivity contribution in [2.45, 2.75) is 30.1 Å². The van der Waals surface area contributed by atoms with Crippen LogP contribution in [0.15, 0.2) is 59.5 Å². The lowest BCUT2D eigenvalue weighted by molar-refractivity contribution is -0.155. The molecule has 0 bridgehead atoms. The summed E-state index contributed by atoms with van der Waals surface area (Å²) in [7, 11) is -4.28. The number of carboxylic acids is 2. The Kier molecular flexibility index (Phi) is 7.85. The van der Waals surface area contributed by atoms with E-state index in [0.717, 1.165) is 12.0 Å². The first-order chi connectivity index (χ1) is 14.1. The molecule has 3 N–H and O–H groups in total. The third-order valence-electron chi connectivity index (χ3n) is 5.08. The fourth-order valence-electron chi connectivity index (χ4n) is 3.58. The molecule has 9 heteroatoms. The fourth-order valence-corrected chi connectivity index (χ4v) is 4.24. The van der Waals surface area contributed by atoms with Crippen molar-refractivity contribution in [3.05, 3.63) is 65.7 Å². The van der Waals surface area contributed by atoms with Gasteiger partial charge in [0.2, 0.25) is 0 Å². The van der Waals surface area contributed by atoms with Gasteiger partial charge >= 0.3 is 11.9 Å². The molecule has 2 aromatic carbocycles. The van der Waals surface area contributed by atoms with Crippen LogP contribution in [0.5, 0.6) is 0 Å². The third-order valence-corrected chi connectivity index (χ3v) is 6.01. The van der Waals surface area contributed by atoms with Gasteiger partial charge in [0.25, 0.3) is 10.1 Å². The van der Waals surface area contributed by atoms with Crippen LogP contribution < -0.4 is 0 Å². The molecule has 0 aliphatic heterocycles. The van der Waals surface area contributed by atoms with E-state index in [0.29, 0.717) is 19.1 Å². The highest BCUT2D eigenvalue weighted by Gasteiger charge is 2.39. The third kappa shape index (κ3) is 5.98. The molecule has 160 valence electrons. The van der Waals surface area contributed by atoms with Crippen LogP contribution in [0, 0.1) is 11.8 Å². The SMILES string of the molecule is O=C(O)[C@@H]1CC[C@H](c2ccccc2)C[C@H]1C(=O)O.O=Cc1ccccc1S(=O)(=O)O. The molecular formula is C21H22O8S. The molecule has 0 aromatic heterocycles. The molecule has 0 saturated heterocycles. The van der Waals surface area contributed by atoms with Gasteiger partial charge in [-0.3, -0.25) is 18.9 Å². The van der Waals surface area contributed by atoms with E-state index in [2.05, 4.69) is 0 Å². The highest BCUT2D eigenvalue weighted by molar-refractivity contribution is 7.86.